The summed E-state index contributed by atoms with van der Waals surface area (Å²) in [5, 5.41) is 0. The Kier molecular flexibility index (Phi) is 5.88. The van der Waals surface area contributed by atoms with Crippen molar-refractivity contribution >= 4 is 12.0 Å². The topological polar surface area (TPSA) is 55.0 Å². The van der Waals surface area contributed by atoms with Gasteiger partial charge in [-0.1, -0.05) is 13.2 Å². The van der Waals surface area contributed by atoms with Crippen molar-refractivity contribution < 1.29 is 9.53 Å². The van der Waals surface area contributed by atoms with Gasteiger partial charge < -0.3 is 9.72 Å². The number of nitrogens with one attached hydrogen (secondary N) is 1. The van der Waals surface area contributed by atoms with Crippen molar-refractivity contribution in [2.75, 3.05) is 0 Å². The van der Waals surface area contributed by atoms with Crippen LogP contribution in [-0.4, -0.2) is 15.9 Å². The van der Waals surface area contributed by atoms with E-state index < -0.39 is 0 Å². The molecule has 0 aliphatic heterocycles. The largest absolute Gasteiger partial charge is 0.435 e. The van der Waals surface area contributed by atoms with Crippen LogP contribution in [0, 0.1) is 0 Å². The summed E-state index contributed by atoms with van der Waals surface area (Å²) in [6, 6.07) is 0. The molecule has 0 spiro atoms. The van der Waals surface area contributed by atoms with Gasteiger partial charge in [-0.3, -0.25) is 4.79 Å². The maximum atomic E-state index is 9.75. The SMILES string of the molecule is C=COC(C)=O.C=Cc1ncc[nH]1. The monoisotopic (exact) mass is 180 g/mol. The van der Waals surface area contributed by atoms with Gasteiger partial charge in [-0.2, -0.15) is 0 Å². The second-order valence-electron chi connectivity index (χ2n) is 1.95. The lowest BCUT2D eigenvalue weighted by molar-refractivity contribution is -0.135. The standard InChI is InChI=1S/C5H6N2.C4H6O2/c1-2-5-6-3-4-7-5;1-3-6-4(2)5/h2-4H,1H2,(H,6,7);3H,1H2,2H3. The van der Waals surface area contributed by atoms with Crippen LogP contribution in [0.3, 0.4) is 0 Å². The van der Waals surface area contributed by atoms with Crippen LogP contribution < -0.4 is 0 Å². The molecule has 0 radical (unpaired) electrons. The van der Waals surface area contributed by atoms with Gasteiger partial charge in [0.05, 0.1) is 6.26 Å². The zero-order valence-corrected chi connectivity index (χ0v) is 7.49. The first-order valence-corrected chi connectivity index (χ1v) is 3.60. The van der Waals surface area contributed by atoms with Crippen molar-refractivity contribution in [1.82, 2.24) is 9.97 Å². The molecule has 0 aliphatic carbocycles. The number of rotatable bonds is 2. The van der Waals surface area contributed by atoms with Gasteiger partial charge in [0.1, 0.15) is 5.82 Å². The number of carbonyl (C=O) groups is 1. The van der Waals surface area contributed by atoms with E-state index in [0.717, 1.165) is 12.1 Å². The minimum Gasteiger partial charge on any atom is -0.435 e. The third-order valence-corrected chi connectivity index (χ3v) is 0.962. The summed E-state index contributed by atoms with van der Waals surface area (Å²) in [6.45, 7) is 7.99. The first-order valence-electron chi connectivity index (χ1n) is 3.60. The first kappa shape index (κ1) is 11.2. The second-order valence-corrected chi connectivity index (χ2v) is 1.95. The number of hydrogen-bond acceptors (Lipinski definition) is 3. The molecule has 0 amide bonds. The van der Waals surface area contributed by atoms with E-state index in [1.165, 1.54) is 6.92 Å². The van der Waals surface area contributed by atoms with Crippen molar-refractivity contribution in [2.24, 2.45) is 0 Å². The smallest absolute Gasteiger partial charge is 0.307 e. The second kappa shape index (κ2) is 6.84. The molecule has 4 nitrogen and oxygen atoms in total. The molecule has 0 unspecified atom stereocenters. The van der Waals surface area contributed by atoms with Gasteiger partial charge >= 0.3 is 5.97 Å². The summed E-state index contributed by atoms with van der Waals surface area (Å²) in [7, 11) is 0. The highest BCUT2D eigenvalue weighted by molar-refractivity contribution is 5.66. The molecule has 0 saturated heterocycles. The summed E-state index contributed by atoms with van der Waals surface area (Å²) < 4.78 is 4.17. The Morgan fingerprint density at radius 1 is 1.69 bits per heavy atom. The average Bonchev–Trinajstić information content (AvgIpc) is 2.56. The van der Waals surface area contributed by atoms with E-state index in [4.69, 9.17) is 0 Å². The minimum absolute atomic E-state index is 0.329. The number of ether oxygens (including phenoxy) is 1. The van der Waals surface area contributed by atoms with E-state index in [9.17, 15) is 4.79 Å². The zero-order valence-electron chi connectivity index (χ0n) is 7.49. The number of nitrogens with zero attached hydrogens (tertiary/aromatic N) is 1. The highest BCUT2D eigenvalue weighted by atomic mass is 16.5. The van der Waals surface area contributed by atoms with Gasteiger partial charge in [-0.15, -0.1) is 0 Å². The number of aromatic amines is 1. The van der Waals surface area contributed by atoms with Gasteiger partial charge in [0, 0.05) is 19.3 Å². The Labute approximate surface area is 77.0 Å². The van der Waals surface area contributed by atoms with E-state index in [-0.39, 0.29) is 5.97 Å². The molecule has 1 aromatic rings. The van der Waals surface area contributed by atoms with Gasteiger partial charge in [0.15, 0.2) is 0 Å². The van der Waals surface area contributed by atoms with Gasteiger partial charge in [0.2, 0.25) is 0 Å². The lowest BCUT2D eigenvalue weighted by Crippen LogP contribution is -1.87. The van der Waals surface area contributed by atoms with Crippen LogP contribution >= 0.6 is 0 Å². The Morgan fingerprint density at radius 3 is 2.54 bits per heavy atom. The average molecular weight is 180 g/mol. The maximum Gasteiger partial charge on any atom is 0.307 e. The Balaban J connectivity index is 0.000000226. The van der Waals surface area contributed by atoms with Gasteiger partial charge in [-0.05, 0) is 6.08 Å². The fraction of sp³-hybridized carbons (Fsp3) is 0.111. The third-order valence-electron chi connectivity index (χ3n) is 0.962. The number of hydrogen-bond donors (Lipinski definition) is 1. The van der Waals surface area contributed by atoms with Crippen molar-refractivity contribution in [1.29, 1.82) is 0 Å². The highest BCUT2D eigenvalue weighted by Gasteiger charge is 1.79. The molecule has 0 aliphatic rings. The summed E-state index contributed by atoms with van der Waals surface area (Å²) in [4.78, 5) is 16.5. The number of imidazole rings is 1. The molecule has 0 bridgehead atoms. The maximum absolute atomic E-state index is 9.75. The predicted octanol–water partition coefficient (Wildman–Crippen LogP) is 1.75. The molecule has 0 atom stereocenters. The lowest BCUT2D eigenvalue weighted by atomic mass is 10.6. The molecule has 1 rings (SSSR count). The Hall–Kier alpha value is -1.84. The molecule has 70 valence electrons. The van der Waals surface area contributed by atoms with Gasteiger partial charge in [0.25, 0.3) is 0 Å². The van der Waals surface area contributed by atoms with Gasteiger partial charge in [-0.25, -0.2) is 4.98 Å². The van der Waals surface area contributed by atoms with Crippen LogP contribution in [-0.2, 0) is 9.53 Å². The van der Waals surface area contributed by atoms with E-state index in [0.29, 0.717) is 0 Å². The summed E-state index contributed by atoms with van der Waals surface area (Å²) in [5.41, 5.74) is 0. The summed E-state index contributed by atoms with van der Waals surface area (Å²) in [6.07, 6.45) is 6.22. The lowest BCUT2D eigenvalue weighted by Gasteiger charge is -1.83. The third kappa shape index (κ3) is 6.55. The number of H-pyrrole nitrogens is 1. The van der Waals surface area contributed by atoms with E-state index in [1.54, 1.807) is 18.5 Å². The van der Waals surface area contributed by atoms with Crippen molar-refractivity contribution in [3.8, 4) is 0 Å². The molecule has 1 heterocycles. The van der Waals surface area contributed by atoms with Crippen molar-refractivity contribution in [3.05, 3.63) is 37.6 Å². The molecular weight excluding hydrogens is 168 g/mol. The molecule has 1 aromatic heterocycles. The predicted molar refractivity (Wildman–Crippen MR) is 50.6 cm³/mol. The first-order chi connectivity index (χ1) is 6.20. The van der Waals surface area contributed by atoms with Crippen LogP contribution in [0.5, 0.6) is 0 Å². The van der Waals surface area contributed by atoms with Crippen LogP contribution in [0.4, 0.5) is 0 Å². The van der Waals surface area contributed by atoms with Crippen LogP contribution in [0.2, 0.25) is 0 Å². The van der Waals surface area contributed by atoms with Crippen LogP contribution in [0.15, 0.2) is 31.8 Å². The molecule has 0 saturated carbocycles. The molecule has 0 fully saturated rings. The fourth-order valence-electron chi connectivity index (χ4n) is 0.506. The van der Waals surface area contributed by atoms with E-state index >= 15 is 0 Å². The van der Waals surface area contributed by atoms with Crippen LogP contribution in [0.1, 0.15) is 12.7 Å². The molecule has 13 heavy (non-hydrogen) atoms. The summed E-state index contributed by atoms with van der Waals surface area (Å²) in [5.74, 6) is 0.491. The molecule has 1 N–H and O–H groups in total. The Morgan fingerprint density at radius 2 is 2.38 bits per heavy atom. The molecule has 4 heteroatoms. The quantitative estimate of drug-likeness (QED) is 0.557. The number of esters is 1. The van der Waals surface area contributed by atoms with Crippen molar-refractivity contribution in [2.45, 2.75) is 6.92 Å². The molecule has 0 aromatic carbocycles. The number of carbonyl (C=O) groups excluding carboxylic acids is 1. The fourth-order valence-corrected chi connectivity index (χ4v) is 0.506. The number of aromatic nitrogens is 2. The normalized spacial score (nSPS) is 7.77. The Bertz CT molecular complexity index is 265. The van der Waals surface area contributed by atoms with Crippen LogP contribution in [0.25, 0.3) is 6.08 Å². The van der Waals surface area contributed by atoms with Crippen molar-refractivity contribution in [3.63, 3.8) is 0 Å². The van der Waals surface area contributed by atoms with E-state index in [1.807, 2.05) is 0 Å². The molecular formula is C9H12N2O2. The minimum atomic E-state index is -0.329. The highest BCUT2D eigenvalue weighted by Crippen LogP contribution is 1.86. The summed E-state index contributed by atoms with van der Waals surface area (Å²) >= 11 is 0. The van der Waals surface area contributed by atoms with E-state index in [2.05, 4.69) is 27.9 Å². The zero-order chi connectivity index (χ0) is 10.1.